The molecule has 0 aliphatic heterocycles. The zero-order valence-corrected chi connectivity index (χ0v) is 15.4. The van der Waals surface area contributed by atoms with Gasteiger partial charge in [0.2, 0.25) is 16.8 Å². The first-order chi connectivity index (χ1) is 12.1. The Morgan fingerprint density at radius 3 is 2.80 bits per heavy atom. The molecule has 130 valence electrons. The summed E-state index contributed by atoms with van der Waals surface area (Å²) in [6.45, 7) is 4.20. The number of rotatable bonds is 3. The number of fused-ring (bicyclic) bond motifs is 1. The Morgan fingerprint density at radius 2 is 2.04 bits per heavy atom. The Balaban J connectivity index is 1.61. The average Bonchev–Trinajstić information content (AvgIpc) is 3.16. The Kier molecular flexibility index (Phi) is 4.29. The van der Waals surface area contributed by atoms with Crippen molar-refractivity contribution in [2.45, 2.75) is 46.0 Å². The number of amides is 1. The monoisotopic (exact) mass is 354 g/mol. The van der Waals surface area contributed by atoms with Crippen molar-refractivity contribution >= 4 is 28.2 Å². The zero-order valence-electron chi connectivity index (χ0n) is 14.6. The summed E-state index contributed by atoms with van der Waals surface area (Å²) in [5, 5.41) is 9.51. The van der Waals surface area contributed by atoms with Gasteiger partial charge in [0.05, 0.1) is 5.69 Å². The van der Waals surface area contributed by atoms with Crippen molar-refractivity contribution in [3.63, 3.8) is 0 Å². The fourth-order valence-corrected chi connectivity index (χ4v) is 4.42. The van der Waals surface area contributed by atoms with Crippen LogP contribution in [0.3, 0.4) is 0 Å². The highest BCUT2D eigenvalue weighted by Crippen LogP contribution is 2.29. The molecular formula is C19H22N4OS. The van der Waals surface area contributed by atoms with Gasteiger partial charge in [0.1, 0.15) is 0 Å². The minimum absolute atomic E-state index is 0.0611. The molecule has 0 bridgehead atoms. The molecule has 1 aromatic carbocycles. The van der Waals surface area contributed by atoms with E-state index in [0.717, 1.165) is 41.9 Å². The second-order valence-corrected chi connectivity index (χ2v) is 7.73. The maximum atomic E-state index is 12.4. The second kappa shape index (κ2) is 6.59. The fraction of sp³-hybridized carbons (Fsp3) is 0.421. The van der Waals surface area contributed by atoms with Crippen LogP contribution in [0.4, 0.5) is 5.95 Å². The minimum Gasteiger partial charge on any atom is -0.293 e. The van der Waals surface area contributed by atoms with E-state index in [1.165, 1.54) is 17.5 Å². The van der Waals surface area contributed by atoms with Crippen LogP contribution in [0.25, 0.3) is 16.2 Å². The maximum absolute atomic E-state index is 12.4. The molecule has 0 radical (unpaired) electrons. The molecule has 1 saturated carbocycles. The smallest absolute Gasteiger partial charge is 0.250 e. The van der Waals surface area contributed by atoms with E-state index in [1.807, 2.05) is 4.52 Å². The molecule has 0 spiro atoms. The van der Waals surface area contributed by atoms with Gasteiger partial charge in [-0.15, -0.1) is 16.4 Å². The van der Waals surface area contributed by atoms with E-state index in [-0.39, 0.29) is 11.8 Å². The molecule has 2 heterocycles. The number of hydrogen-bond acceptors (Lipinski definition) is 4. The third kappa shape index (κ3) is 3.18. The van der Waals surface area contributed by atoms with E-state index in [9.17, 15) is 4.79 Å². The standard InChI is InChI=1S/C19H22N4OS/c1-12-8-9-15(13(2)10-12)16-11-25-19-21-18(22-23(16)19)20-17(24)14-6-4-3-5-7-14/h8-11,14H,3-7H2,1-2H3,(H,20,22,24). The number of benzene rings is 1. The molecule has 5 nitrogen and oxygen atoms in total. The third-order valence-electron chi connectivity index (χ3n) is 4.95. The number of hydrogen-bond donors (Lipinski definition) is 1. The lowest BCUT2D eigenvalue weighted by Crippen LogP contribution is -2.25. The zero-order chi connectivity index (χ0) is 17.4. The first-order valence-electron chi connectivity index (χ1n) is 8.84. The van der Waals surface area contributed by atoms with Crippen LogP contribution in [0.5, 0.6) is 0 Å². The van der Waals surface area contributed by atoms with Crippen LogP contribution in [0.1, 0.15) is 43.2 Å². The van der Waals surface area contributed by atoms with Crippen molar-refractivity contribution < 1.29 is 4.79 Å². The van der Waals surface area contributed by atoms with Crippen molar-refractivity contribution in [2.24, 2.45) is 5.92 Å². The van der Waals surface area contributed by atoms with Gasteiger partial charge in [0.25, 0.3) is 0 Å². The van der Waals surface area contributed by atoms with Gasteiger partial charge in [-0.3, -0.25) is 10.1 Å². The van der Waals surface area contributed by atoms with Crippen molar-refractivity contribution in [3.8, 4) is 11.3 Å². The van der Waals surface area contributed by atoms with Crippen LogP contribution in [0.15, 0.2) is 23.6 Å². The summed E-state index contributed by atoms with van der Waals surface area (Å²) >= 11 is 1.54. The van der Waals surface area contributed by atoms with Crippen LogP contribution < -0.4 is 5.32 Å². The molecular weight excluding hydrogens is 332 g/mol. The Bertz CT molecular complexity index is 921. The molecule has 1 aliphatic rings. The largest absolute Gasteiger partial charge is 0.293 e. The summed E-state index contributed by atoms with van der Waals surface area (Å²) in [6.07, 6.45) is 5.46. The highest BCUT2D eigenvalue weighted by Gasteiger charge is 2.22. The van der Waals surface area contributed by atoms with E-state index in [4.69, 9.17) is 0 Å². The third-order valence-corrected chi connectivity index (χ3v) is 5.77. The van der Waals surface area contributed by atoms with Gasteiger partial charge in [0, 0.05) is 16.9 Å². The molecule has 0 atom stereocenters. The van der Waals surface area contributed by atoms with Crippen LogP contribution in [-0.2, 0) is 4.79 Å². The lowest BCUT2D eigenvalue weighted by atomic mass is 9.89. The van der Waals surface area contributed by atoms with Gasteiger partial charge < -0.3 is 0 Å². The van der Waals surface area contributed by atoms with Crippen LogP contribution in [-0.4, -0.2) is 20.5 Å². The molecule has 0 saturated heterocycles. The van der Waals surface area contributed by atoms with E-state index < -0.39 is 0 Å². The number of aryl methyl sites for hydroxylation is 2. The average molecular weight is 354 g/mol. The molecule has 1 fully saturated rings. The Labute approximate surface area is 151 Å². The summed E-state index contributed by atoms with van der Waals surface area (Å²) in [5.41, 5.74) is 4.62. The molecule has 1 amide bonds. The van der Waals surface area contributed by atoms with Gasteiger partial charge in [-0.1, -0.05) is 43.0 Å². The molecule has 3 aromatic rings. The Morgan fingerprint density at radius 1 is 1.24 bits per heavy atom. The quantitative estimate of drug-likeness (QED) is 0.748. The highest BCUT2D eigenvalue weighted by molar-refractivity contribution is 7.15. The summed E-state index contributed by atoms with van der Waals surface area (Å²) in [4.78, 5) is 17.7. The van der Waals surface area contributed by atoms with Crippen molar-refractivity contribution in [1.82, 2.24) is 14.6 Å². The maximum Gasteiger partial charge on any atom is 0.250 e. The molecule has 0 unspecified atom stereocenters. The van der Waals surface area contributed by atoms with Gasteiger partial charge in [0.15, 0.2) is 0 Å². The van der Waals surface area contributed by atoms with Crippen LogP contribution in [0, 0.1) is 19.8 Å². The number of nitrogens with zero attached hydrogens (tertiary/aromatic N) is 3. The highest BCUT2D eigenvalue weighted by atomic mass is 32.1. The summed E-state index contributed by atoms with van der Waals surface area (Å²) in [7, 11) is 0. The Hall–Kier alpha value is -2.21. The first-order valence-corrected chi connectivity index (χ1v) is 9.72. The van der Waals surface area contributed by atoms with E-state index >= 15 is 0 Å². The van der Waals surface area contributed by atoms with Gasteiger partial charge in [-0.25, -0.2) is 4.52 Å². The van der Waals surface area contributed by atoms with Crippen molar-refractivity contribution in [2.75, 3.05) is 5.32 Å². The molecule has 1 N–H and O–H groups in total. The first kappa shape index (κ1) is 16.3. The topological polar surface area (TPSA) is 59.3 Å². The predicted octanol–water partition coefficient (Wildman–Crippen LogP) is 4.59. The molecule has 4 rings (SSSR count). The fourth-order valence-electron chi connectivity index (χ4n) is 3.60. The minimum atomic E-state index is 0.0611. The predicted molar refractivity (Wildman–Crippen MR) is 101 cm³/mol. The molecule has 25 heavy (non-hydrogen) atoms. The molecule has 6 heteroatoms. The lowest BCUT2D eigenvalue weighted by Gasteiger charge is -2.19. The number of anilines is 1. The van der Waals surface area contributed by atoms with Gasteiger partial charge in [-0.05, 0) is 32.3 Å². The summed E-state index contributed by atoms with van der Waals surface area (Å²) < 4.78 is 1.83. The van der Waals surface area contributed by atoms with Crippen LogP contribution >= 0.6 is 11.3 Å². The van der Waals surface area contributed by atoms with E-state index in [2.05, 4.69) is 52.8 Å². The van der Waals surface area contributed by atoms with Crippen molar-refractivity contribution in [3.05, 3.63) is 34.7 Å². The van der Waals surface area contributed by atoms with Gasteiger partial charge in [-0.2, -0.15) is 4.98 Å². The van der Waals surface area contributed by atoms with Crippen molar-refractivity contribution in [1.29, 1.82) is 0 Å². The number of aromatic nitrogens is 3. The van der Waals surface area contributed by atoms with Gasteiger partial charge >= 0.3 is 0 Å². The van der Waals surface area contributed by atoms with E-state index in [1.54, 1.807) is 11.3 Å². The normalized spacial score (nSPS) is 15.6. The number of carbonyl (C=O) groups excluding carboxylic acids is 1. The molecule has 1 aliphatic carbocycles. The molecule has 2 aromatic heterocycles. The van der Waals surface area contributed by atoms with Crippen LogP contribution in [0.2, 0.25) is 0 Å². The second-order valence-electron chi connectivity index (χ2n) is 6.89. The number of carbonyl (C=O) groups is 1. The summed E-state index contributed by atoms with van der Waals surface area (Å²) in [5.74, 6) is 0.577. The SMILES string of the molecule is Cc1ccc(-c2csc3nc(NC(=O)C4CCCCC4)nn23)c(C)c1. The number of thiazole rings is 1. The number of nitrogens with one attached hydrogen (secondary N) is 1. The van der Waals surface area contributed by atoms with E-state index in [0.29, 0.717) is 5.95 Å². The summed E-state index contributed by atoms with van der Waals surface area (Å²) in [6, 6.07) is 6.39. The lowest BCUT2D eigenvalue weighted by molar-refractivity contribution is -0.120.